The molecule has 1 aliphatic carbocycles. The van der Waals surface area contributed by atoms with Crippen molar-refractivity contribution in [1.29, 1.82) is 0 Å². The van der Waals surface area contributed by atoms with Gasteiger partial charge in [-0.1, -0.05) is 18.2 Å². The van der Waals surface area contributed by atoms with Gasteiger partial charge in [0.25, 0.3) is 5.78 Å². The quantitative estimate of drug-likeness (QED) is 0.184. The molecule has 0 unspecified atom stereocenters. The molecule has 0 N–H and O–H groups in total. The second-order valence-corrected chi connectivity index (χ2v) is 6.60. The van der Waals surface area contributed by atoms with Gasteiger partial charge in [0, 0.05) is 6.61 Å². The molecule has 0 saturated carbocycles. The number of carbonyl (C=O) groups excluding carboxylic acids is 1. The summed E-state index contributed by atoms with van der Waals surface area (Å²) in [6.07, 6.45) is 8.22. The Bertz CT molecular complexity index is 663. The average molecular weight is 372 g/mol. The third kappa shape index (κ3) is 7.87. The molecule has 6 nitrogen and oxygen atoms in total. The van der Waals surface area contributed by atoms with Crippen LogP contribution in [0.15, 0.2) is 35.9 Å². The van der Waals surface area contributed by atoms with E-state index in [0.717, 1.165) is 30.4 Å². The molecular formula is C21H28N2O4. The lowest BCUT2D eigenvalue weighted by Gasteiger charge is -2.17. The molecule has 0 fully saturated rings. The van der Waals surface area contributed by atoms with E-state index in [0.29, 0.717) is 32.7 Å². The highest BCUT2D eigenvalue weighted by atomic mass is 16.5. The summed E-state index contributed by atoms with van der Waals surface area (Å²) in [6.45, 7) is 1.50. The van der Waals surface area contributed by atoms with Gasteiger partial charge in [0.1, 0.15) is 11.9 Å². The second kappa shape index (κ2) is 12.2. The molecule has 0 aromatic heterocycles. The fourth-order valence-corrected chi connectivity index (χ4v) is 2.97. The van der Waals surface area contributed by atoms with Crippen LogP contribution in [0.5, 0.6) is 5.75 Å². The van der Waals surface area contributed by atoms with E-state index in [9.17, 15) is 4.79 Å². The van der Waals surface area contributed by atoms with Crippen LogP contribution >= 0.6 is 0 Å². The van der Waals surface area contributed by atoms with Crippen LogP contribution in [-0.2, 0) is 20.9 Å². The van der Waals surface area contributed by atoms with Gasteiger partial charge >= 0.3 is 6.21 Å². The van der Waals surface area contributed by atoms with Crippen LogP contribution in [0, 0.1) is 0 Å². The molecule has 0 bridgehead atoms. The molecule has 146 valence electrons. The van der Waals surface area contributed by atoms with Crippen LogP contribution in [0.1, 0.15) is 44.1 Å². The fraction of sp³-hybridized carbons (Fsp3) is 0.524. The topological polar surface area (TPSA) is 81.2 Å². The van der Waals surface area contributed by atoms with Crippen LogP contribution in [-0.4, -0.2) is 43.2 Å². The molecule has 27 heavy (non-hydrogen) atoms. The number of nitrogens with zero attached hydrogens (tertiary/aromatic N) is 2. The molecule has 1 aromatic carbocycles. The number of hydrogen-bond acceptors (Lipinski definition) is 4. The fourth-order valence-electron chi connectivity index (χ4n) is 2.97. The minimum absolute atomic E-state index is 0.316. The van der Waals surface area contributed by atoms with Crippen LogP contribution in [0.4, 0.5) is 0 Å². The maximum atomic E-state index is 12.1. The van der Waals surface area contributed by atoms with Crippen molar-refractivity contribution in [3.8, 4) is 5.75 Å². The number of rotatable bonds is 12. The van der Waals surface area contributed by atoms with Crippen molar-refractivity contribution in [2.75, 3.05) is 20.3 Å². The summed E-state index contributed by atoms with van der Waals surface area (Å²) in [4.78, 5) is 14.9. The molecule has 0 spiro atoms. The first-order valence-corrected chi connectivity index (χ1v) is 9.44. The second-order valence-electron chi connectivity index (χ2n) is 6.60. The van der Waals surface area contributed by atoms with E-state index in [1.54, 1.807) is 7.11 Å². The van der Waals surface area contributed by atoms with Crippen molar-refractivity contribution in [1.82, 2.24) is 0 Å². The van der Waals surface area contributed by atoms with Gasteiger partial charge in [-0.2, -0.15) is 4.79 Å². The molecule has 0 heterocycles. The Kier molecular flexibility index (Phi) is 9.49. The minimum Gasteiger partial charge on any atom is -0.497 e. The van der Waals surface area contributed by atoms with E-state index < -0.39 is 6.10 Å². The highest BCUT2D eigenvalue weighted by Crippen LogP contribution is 2.18. The highest BCUT2D eigenvalue weighted by molar-refractivity contribution is 6.27. The lowest BCUT2D eigenvalue weighted by molar-refractivity contribution is -0.127. The minimum atomic E-state index is -0.603. The van der Waals surface area contributed by atoms with E-state index >= 15 is 0 Å². The highest BCUT2D eigenvalue weighted by Gasteiger charge is 2.21. The van der Waals surface area contributed by atoms with Crippen molar-refractivity contribution in [2.24, 2.45) is 0 Å². The first kappa shape index (κ1) is 21.0. The zero-order valence-corrected chi connectivity index (χ0v) is 15.9. The molecule has 1 aliphatic rings. The average Bonchev–Trinajstić information content (AvgIpc) is 2.71. The van der Waals surface area contributed by atoms with Crippen molar-refractivity contribution >= 4 is 12.0 Å². The van der Waals surface area contributed by atoms with Crippen LogP contribution in [0.3, 0.4) is 0 Å². The van der Waals surface area contributed by atoms with E-state index in [-0.39, 0.29) is 5.78 Å². The monoisotopic (exact) mass is 372 g/mol. The first-order chi connectivity index (χ1) is 13.2. The summed E-state index contributed by atoms with van der Waals surface area (Å²) >= 11 is 0. The molecule has 1 atom stereocenters. The van der Waals surface area contributed by atoms with Gasteiger partial charge < -0.3 is 19.7 Å². The molecule has 2 rings (SSSR count). The first-order valence-electron chi connectivity index (χ1n) is 9.44. The van der Waals surface area contributed by atoms with Gasteiger partial charge in [0.15, 0.2) is 0 Å². The lowest BCUT2D eigenvalue weighted by Crippen LogP contribution is -2.27. The molecule has 0 saturated heterocycles. The number of Topliss-reactive ketones (excluding diaryl/α,β-unsaturated/α-hetero) is 1. The largest absolute Gasteiger partial charge is 0.497 e. The number of carbonyl (C=O) groups is 1. The van der Waals surface area contributed by atoms with Gasteiger partial charge in [-0.15, -0.1) is 0 Å². The molecule has 1 aromatic rings. The normalized spacial score (nSPS) is 14.8. The van der Waals surface area contributed by atoms with Crippen molar-refractivity contribution in [2.45, 2.75) is 51.2 Å². The van der Waals surface area contributed by atoms with Crippen molar-refractivity contribution < 1.29 is 23.8 Å². The maximum Gasteiger partial charge on any atom is 0.325 e. The van der Waals surface area contributed by atoms with Gasteiger partial charge in [-0.3, -0.25) is 4.79 Å². The van der Waals surface area contributed by atoms with Gasteiger partial charge in [-0.25, -0.2) is 0 Å². The summed E-state index contributed by atoms with van der Waals surface area (Å²) in [5, 5.41) is 0. The summed E-state index contributed by atoms with van der Waals surface area (Å²) in [5.41, 5.74) is 10.9. The van der Waals surface area contributed by atoms with Crippen LogP contribution < -0.4 is 4.74 Å². The van der Waals surface area contributed by atoms with Gasteiger partial charge in [0.05, 0.1) is 20.3 Å². The number of ketones is 1. The molecule has 0 radical (unpaired) electrons. The number of benzene rings is 1. The standard InChI is InChI=1S/C21H28N2O4/c1-25-19-11-9-18(10-12-19)15-26-13-5-8-21(20(24)14-23-22)27-16-17-6-3-2-4-7-17/h6,9-12,14,21H,2-5,7-8,13,15-16H2,1H3/t21-/m1/s1. The van der Waals surface area contributed by atoms with Crippen molar-refractivity contribution in [3.63, 3.8) is 0 Å². The van der Waals surface area contributed by atoms with E-state index in [4.69, 9.17) is 19.7 Å². The molecule has 0 amide bonds. The predicted octanol–water partition coefficient (Wildman–Crippen LogP) is 3.75. The Balaban J connectivity index is 1.72. The summed E-state index contributed by atoms with van der Waals surface area (Å²) in [7, 11) is 1.64. The van der Waals surface area contributed by atoms with E-state index in [1.165, 1.54) is 18.4 Å². The van der Waals surface area contributed by atoms with Gasteiger partial charge in [-0.05, 0) is 61.8 Å². The maximum absolute atomic E-state index is 12.1. The van der Waals surface area contributed by atoms with Crippen LogP contribution in [0.25, 0.3) is 5.53 Å². The third-order valence-electron chi connectivity index (χ3n) is 4.54. The Hall–Kier alpha value is -2.27. The summed E-state index contributed by atoms with van der Waals surface area (Å²) in [6, 6.07) is 7.72. The Morgan fingerprint density at radius 2 is 2.07 bits per heavy atom. The van der Waals surface area contributed by atoms with E-state index in [1.807, 2.05) is 24.3 Å². The van der Waals surface area contributed by atoms with Gasteiger partial charge in [0.2, 0.25) is 0 Å². The SMILES string of the molecule is COc1ccc(COCCC[C@@H](OCC2=CCCCC2)C(=O)C=[N+]=[N-])cc1. The lowest BCUT2D eigenvalue weighted by atomic mass is 10.0. The molecule has 0 aliphatic heterocycles. The molecule has 6 heteroatoms. The summed E-state index contributed by atoms with van der Waals surface area (Å²) in [5.74, 6) is 0.500. The van der Waals surface area contributed by atoms with Crippen molar-refractivity contribution in [3.05, 3.63) is 47.0 Å². The Morgan fingerprint density at radius 1 is 1.26 bits per heavy atom. The molecular weight excluding hydrogens is 344 g/mol. The third-order valence-corrected chi connectivity index (χ3v) is 4.54. The smallest absolute Gasteiger partial charge is 0.325 e. The Labute approximate surface area is 160 Å². The van der Waals surface area contributed by atoms with E-state index in [2.05, 4.69) is 10.9 Å². The number of methoxy groups -OCH3 is 1. The summed E-state index contributed by atoms with van der Waals surface area (Å²) < 4.78 is 16.6. The zero-order chi connectivity index (χ0) is 19.3. The Morgan fingerprint density at radius 3 is 2.74 bits per heavy atom. The zero-order valence-electron chi connectivity index (χ0n) is 15.9. The number of allylic oxidation sites excluding steroid dienone is 1. The number of hydrogen-bond donors (Lipinski definition) is 0. The number of ether oxygens (including phenoxy) is 3. The predicted molar refractivity (Wildman–Crippen MR) is 103 cm³/mol. The van der Waals surface area contributed by atoms with Crippen LogP contribution in [0.2, 0.25) is 0 Å².